The molecule has 0 aliphatic rings. The Kier molecular flexibility index (Phi) is 4.79. The van der Waals surface area contributed by atoms with Gasteiger partial charge in [0.05, 0.1) is 5.56 Å². The highest BCUT2D eigenvalue weighted by Gasteiger charge is 2.30. The molecule has 0 saturated heterocycles. The zero-order chi connectivity index (χ0) is 11.2. The van der Waals surface area contributed by atoms with Crippen LogP contribution in [0.5, 0.6) is 0 Å². The van der Waals surface area contributed by atoms with E-state index in [0.29, 0.717) is 0 Å². The molecule has 0 radical (unpaired) electrons. The molecule has 1 aromatic carbocycles. The van der Waals surface area contributed by atoms with Crippen LogP contribution in [0.25, 0.3) is 0 Å². The molecule has 0 amide bonds. The van der Waals surface area contributed by atoms with Crippen LogP contribution in [0.3, 0.4) is 0 Å². The second kappa shape index (κ2) is 5.33. The number of halogens is 3. The lowest BCUT2D eigenvalue weighted by molar-refractivity contribution is -0.137. The molecule has 0 aromatic heterocycles. The van der Waals surface area contributed by atoms with Crippen molar-refractivity contribution in [2.75, 3.05) is 0 Å². The molecule has 1 rings (SSSR count). The minimum atomic E-state index is -4.31. The van der Waals surface area contributed by atoms with Gasteiger partial charge in [-0.1, -0.05) is 25.8 Å². The lowest BCUT2D eigenvalue weighted by Crippen LogP contribution is -2.04. The first kappa shape index (κ1) is 12.6. The molecule has 0 aliphatic heterocycles. The van der Waals surface area contributed by atoms with Crippen molar-refractivity contribution in [1.29, 1.82) is 0 Å². The maximum Gasteiger partial charge on any atom is 0.416 e. The molecule has 0 spiro atoms. The standard InChI is InChI=1S/C9H5F3.C2H6/c1-2-7-4-3-5-8(6-7)9(10,11)12;1-2/h1,3-6H;1-2H3. The monoisotopic (exact) mass is 200 g/mol. The van der Waals surface area contributed by atoms with Crippen LogP contribution >= 0.6 is 0 Å². The van der Waals surface area contributed by atoms with Crippen LogP contribution in [0.15, 0.2) is 24.3 Å². The number of hydrogen-bond acceptors (Lipinski definition) is 0. The summed E-state index contributed by atoms with van der Waals surface area (Å²) in [7, 11) is 0. The van der Waals surface area contributed by atoms with Crippen LogP contribution in [-0.2, 0) is 6.18 Å². The summed E-state index contributed by atoms with van der Waals surface area (Å²) in [4.78, 5) is 0. The predicted octanol–water partition coefficient (Wildman–Crippen LogP) is 3.71. The van der Waals surface area contributed by atoms with E-state index in [2.05, 4.69) is 5.92 Å². The number of alkyl halides is 3. The number of benzene rings is 1. The van der Waals surface area contributed by atoms with Crippen LogP contribution < -0.4 is 0 Å². The van der Waals surface area contributed by atoms with E-state index in [1.807, 2.05) is 13.8 Å². The molecule has 76 valence electrons. The van der Waals surface area contributed by atoms with Crippen LogP contribution in [0.1, 0.15) is 25.0 Å². The Bertz CT molecular complexity index is 318. The lowest BCUT2D eigenvalue weighted by Gasteiger charge is -2.05. The zero-order valence-corrected chi connectivity index (χ0v) is 8.02. The van der Waals surface area contributed by atoms with Gasteiger partial charge in [-0.15, -0.1) is 6.42 Å². The van der Waals surface area contributed by atoms with Gasteiger partial charge in [-0.3, -0.25) is 0 Å². The third-order valence-corrected chi connectivity index (χ3v) is 1.36. The first-order chi connectivity index (χ1) is 6.54. The molecule has 0 fully saturated rings. The van der Waals surface area contributed by atoms with E-state index < -0.39 is 11.7 Å². The quantitative estimate of drug-likeness (QED) is 0.560. The third kappa shape index (κ3) is 3.53. The van der Waals surface area contributed by atoms with E-state index in [1.54, 1.807) is 0 Å². The highest BCUT2D eigenvalue weighted by atomic mass is 19.4. The summed E-state index contributed by atoms with van der Waals surface area (Å²) in [5, 5.41) is 0. The third-order valence-electron chi connectivity index (χ3n) is 1.36. The minimum absolute atomic E-state index is 0.241. The van der Waals surface area contributed by atoms with Gasteiger partial charge in [-0.05, 0) is 18.2 Å². The van der Waals surface area contributed by atoms with Gasteiger partial charge in [-0.2, -0.15) is 13.2 Å². The van der Waals surface area contributed by atoms with Crippen molar-refractivity contribution < 1.29 is 13.2 Å². The van der Waals surface area contributed by atoms with Gasteiger partial charge in [0.25, 0.3) is 0 Å². The van der Waals surface area contributed by atoms with E-state index in [4.69, 9.17) is 6.42 Å². The minimum Gasteiger partial charge on any atom is -0.166 e. The van der Waals surface area contributed by atoms with Gasteiger partial charge >= 0.3 is 6.18 Å². The summed E-state index contributed by atoms with van der Waals surface area (Å²) in [6, 6.07) is 4.67. The van der Waals surface area contributed by atoms with E-state index in [-0.39, 0.29) is 5.56 Å². The molecule has 1 aromatic rings. The van der Waals surface area contributed by atoms with Crippen LogP contribution in [-0.4, -0.2) is 0 Å². The van der Waals surface area contributed by atoms with Crippen LogP contribution in [0.4, 0.5) is 13.2 Å². The van der Waals surface area contributed by atoms with Gasteiger partial charge in [0.2, 0.25) is 0 Å². The molecule has 0 bridgehead atoms. The summed E-state index contributed by atoms with van der Waals surface area (Å²) in [6.07, 6.45) is 0.632. The second-order valence-electron chi connectivity index (χ2n) is 2.22. The van der Waals surface area contributed by atoms with Crippen molar-refractivity contribution in [2.45, 2.75) is 20.0 Å². The van der Waals surface area contributed by atoms with E-state index >= 15 is 0 Å². The topological polar surface area (TPSA) is 0 Å². The molecule has 0 heterocycles. The SMILES string of the molecule is C#Cc1cccc(C(F)(F)F)c1.CC. The fourth-order valence-electron chi connectivity index (χ4n) is 0.785. The van der Waals surface area contributed by atoms with Gasteiger partial charge in [0.15, 0.2) is 0 Å². The van der Waals surface area contributed by atoms with Crippen molar-refractivity contribution in [3.63, 3.8) is 0 Å². The van der Waals surface area contributed by atoms with E-state index in [0.717, 1.165) is 12.1 Å². The smallest absolute Gasteiger partial charge is 0.166 e. The first-order valence-corrected chi connectivity index (χ1v) is 4.18. The maximum atomic E-state index is 12.0. The summed E-state index contributed by atoms with van der Waals surface area (Å²) in [5.41, 5.74) is -0.470. The number of terminal acetylenes is 1. The molecule has 3 heteroatoms. The van der Waals surface area contributed by atoms with Crippen molar-refractivity contribution in [3.05, 3.63) is 35.4 Å². The Hall–Kier alpha value is -1.43. The van der Waals surface area contributed by atoms with E-state index in [9.17, 15) is 13.2 Å². The highest BCUT2D eigenvalue weighted by Crippen LogP contribution is 2.29. The largest absolute Gasteiger partial charge is 0.416 e. The molecule has 14 heavy (non-hydrogen) atoms. The molecular formula is C11H11F3. The highest BCUT2D eigenvalue weighted by molar-refractivity contribution is 5.36. The molecule has 0 atom stereocenters. The Morgan fingerprint density at radius 3 is 2.21 bits per heavy atom. The Morgan fingerprint density at radius 1 is 1.21 bits per heavy atom. The van der Waals surface area contributed by atoms with E-state index in [1.165, 1.54) is 12.1 Å². The fourth-order valence-corrected chi connectivity index (χ4v) is 0.785. The summed E-state index contributed by atoms with van der Waals surface area (Å²) in [5.74, 6) is 2.14. The number of hydrogen-bond donors (Lipinski definition) is 0. The number of rotatable bonds is 0. The van der Waals surface area contributed by atoms with Crippen LogP contribution in [0.2, 0.25) is 0 Å². The van der Waals surface area contributed by atoms with Gasteiger partial charge in [0, 0.05) is 5.56 Å². The lowest BCUT2D eigenvalue weighted by atomic mass is 10.1. The summed E-state index contributed by atoms with van der Waals surface area (Å²) in [6.45, 7) is 4.00. The average molecular weight is 200 g/mol. The van der Waals surface area contributed by atoms with Gasteiger partial charge < -0.3 is 0 Å². The molecular weight excluding hydrogens is 189 g/mol. The normalized spacial score (nSPS) is 9.71. The maximum absolute atomic E-state index is 12.0. The Morgan fingerprint density at radius 2 is 1.79 bits per heavy atom. The zero-order valence-electron chi connectivity index (χ0n) is 8.02. The average Bonchev–Trinajstić information content (AvgIpc) is 2.20. The van der Waals surface area contributed by atoms with Crippen molar-refractivity contribution in [1.82, 2.24) is 0 Å². The van der Waals surface area contributed by atoms with Crippen molar-refractivity contribution in [2.24, 2.45) is 0 Å². The molecule has 0 unspecified atom stereocenters. The van der Waals surface area contributed by atoms with Crippen LogP contribution in [0, 0.1) is 12.3 Å². The predicted molar refractivity (Wildman–Crippen MR) is 50.7 cm³/mol. The van der Waals surface area contributed by atoms with Gasteiger partial charge in [0.1, 0.15) is 0 Å². The first-order valence-electron chi connectivity index (χ1n) is 4.18. The van der Waals surface area contributed by atoms with Crippen molar-refractivity contribution in [3.8, 4) is 12.3 Å². The molecule has 0 saturated carbocycles. The molecule has 0 N–H and O–H groups in total. The fraction of sp³-hybridized carbons (Fsp3) is 0.273. The van der Waals surface area contributed by atoms with Gasteiger partial charge in [-0.25, -0.2) is 0 Å². The molecule has 0 aliphatic carbocycles. The summed E-state index contributed by atoms with van der Waals surface area (Å²) >= 11 is 0. The molecule has 0 nitrogen and oxygen atoms in total. The Balaban J connectivity index is 0.000000791. The summed E-state index contributed by atoms with van der Waals surface area (Å²) < 4.78 is 36.1. The van der Waals surface area contributed by atoms with Crippen molar-refractivity contribution >= 4 is 0 Å². The Labute approximate surface area is 81.8 Å². The second-order valence-corrected chi connectivity index (χ2v) is 2.22.